The van der Waals surface area contributed by atoms with Crippen molar-refractivity contribution >= 4 is 13.4 Å². The molecule has 0 aliphatic carbocycles. The van der Waals surface area contributed by atoms with E-state index >= 15 is 0 Å². The quantitative estimate of drug-likeness (QED) is 0.389. The van der Waals surface area contributed by atoms with Crippen LogP contribution in [0.1, 0.15) is 6.42 Å². The van der Waals surface area contributed by atoms with Crippen molar-refractivity contribution in [3.05, 3.63) is 0 Å². The monoisotopic (exact) mass is 183 g/mol. The van der Waals surface area contributed by atoms with Gasteiger partial charge in [-0.1, -0.05) is 0 Å². The van der Waals surface area contributed by atoms with Crippen LogP contribution in [0.15, 0.2) is 0 Å². The van der Waals surface area contributed by atoms with Crippen LogP contribution in [0.5, 0.6) is 0 Å². The first-order valence-corrected chi connectivity index (χ1v) is 4.49. The topological polar surface area (TPSA) is 121 Å². The summed E-state index contributed by atoms with van der Waals surface area (Å²) in [5.41, 5.74) is 4.93. The molecule has 0 saturated carbocycles. The van der Waals surface area contributed by atoms with Gasteiger partial charge in [0, 0.05) is 6.42 Å². The lowest BCUT2D eigenvalue weighted by molar-refractivity contribution is -0.121. The van der Waals surface area contributed by atoms with E-state index in [2.05, 4.69) is 0 Å². The van der Waals surface area contributed by atoms with E-state index in [1.54, 1.807) is 0 Å². The molecule has 0 amide bonds. The molecule has 0 aromatic rings. The SMILES string of the molecule is NC(CC(=O)CO)P(=O)(O)O. The number of nitrogens with two attached hydrogens (primary N) is 1. The fraction of sp³-hybridized carbons (Fsp3) is 0.750. The average molecular weight is 183 g/mol. The van der Waals surface area contributed by atoms with Gasteiger partial charge in [0.1, 0.15) is 12.4 Å². The fourth-order valence-corrected chi connectivity index (χ4v) is 0.858. The zero-order valence-electron chi connectivity index (χ0n) is 5.67. The molecule has 5 N–H and O–H groups in total. The summed E-state index contributed by atoms with van der Waals surface area (Å²) in [5.74, 6) is -2.18. The molecule has 1 unspecified atom stereocenters. The van der Waals surface area contributed by atoms with E-state index in [9.17, 15) is 9.36 Å². The molecule has 7 heteroatoms. The maximum atomic E-state index is 10.4. The molecule has 0 saturated heterocycles. The van der Waals surface area contributed by atoms with Gasteiger partial charge in [0.05, 0.1) is 0 Å². The summed E-state index contributed by atoms with van der Waals surface area (Å²) in [5, 5.41) is 8.19. The predicted molar refractivity (Wildman–Crippen MR) is 36.7 cm³/mol. The van der Waals surface area contributed by atoms with Crippen molar-refractivity contribution in [1.29, 1.82) is 0 Å². The maximum absolute atomic E-state index is 10.4. The summed E-state index contributed by atoms with van der Waals surface area (Å²) in [4.78, 5) is 27.2. The van der Waals surface area contributed by atoms with Crippen LogP contribution in [0.3, 0.4) is 0 Å². The lowest BCUT2D eigenvalue weighted by Gasteiger charge is -2.10. The number of Topliss-reactive ketones (excluding diaryl/α,β-unsaturated/α-hetero) is 1. The van der Waals surface area contributed by atoms with Crippen molar-refractivity contribution in [2.24, 2.45) is 5.73 Å². The van der Waals surface area contributed by atoms with Crippen LogP contribution in [-0.4, -0.2) is 33.1 Å². The molecule has 1 atom stereocenters. The minimum atomic E-state index is -4.38. The van der Waals surface area contributed by atoms with Crippen molar-refractivity contribution in [3.63, 3.8) is 0 Å². The van der Waals surface area contributed by atoms with E-state index in [0.29, 0.717) is 0 Å². The number of hydrogen-bond donors (Lipinski definition) is 4. The second-order valence-electron chi connectivity index (χ2n) is 2.06. The molecule has 0 bridgehead atoms. The Morgan fingerprint density at radius 3 is 2.27 bits per heavy atom. The van der Waals surface area contributed by atoms with Gasteiger partial charge in [-0.15, -0.1) is 0 Å². The Hall–Kier alpha value is -0.260. The number of ketones is 1. The number of rotatable bonds is 4. The summed E-state index contributed by atoms with van der Waals surface area (Å²) >= 11 is 0. The molecule has 0 spiro atoms. The zero-order chi connectivity index (χ0) is 9.07. The lowest BCUT2D eigenvalue weighted by atomic mass is 10.3. The smallest absolute Gasteiger partial charge is 0.342 e. The first-order valence-electron chi connectivity index (χ1n) is 2.81. The highest BCUT2D eigenvalue weighted by molar-refractivity contribution is 7.52. The summed E-state index contributed by atoms with van der Waals surface area (Å²) in [7, 11) is -4.38. The van der Waals surface area contributed by atoms with Crippen molar-refractivity contribution in [3.8, 4) is 0 Å². The normalized spacial score (nSPS) is 14.5. The average Bonchev–Trinajstić information content (AvgIpc) is 1.85. The third-order valence-corrected chi connectivity index (χ3v) is 2.09. The number of carbonyl (C=O) groups is 1. The second kappa shape index (κ2) is 3.94. The van der Waals surface area contributed by atoms with Gasteiger partial charge in [-0.25, -0.2) is 0 Å². The Morgan fingerprint density at radius 1 is 1.55 bits per heavy atom. The number of carbonyl (C=O) groups excluding carboxylic acids is 1. The van der Waals surface area contributed by atoms with Gasteiger partial charge in [0.15, 0.2) is 5.78 Å². The molecule has 0 aromatic heterocycles. The van der Waals surface area contributed by atoms with Crippen LogP contribution in [0.2, 0.25) is 0 Å². The highest BCUT2D eigenvalue weighted by atomic mass is 31.2. The van der Waals surface area contributed by atoms with Gasteiger partial charge in [0.25, 0.3) is 0 Å². The highest BCUT2D eigenvalue weighted by Crippen LogP contribution is 2.39. The molecule has 0 rings (SSSR count). The third kappa shape index (κ3) is 4.23. The Labute approximate surface area is 63.2 Å². The molecular weight excluding hydrogens is 173 g/mol. The van der Waals surface area contributed by atoms with Gasteiger partial charge < -0.3 is 20.6 Å². The molecule has 0 heterocycles. The minimum absolute atomic E-state index is 0.499. The summed E-state index contributed by atoms with van der Waals surface area (Å²) in [6.45, 7) is -0.742. The lowest BCUT2D eigenvalue weighted by Crippen LogP contribution is -2.24. The van der Waals surface area contributed by atoms with Crippen LogP contribution in [0.25, 0.3) is 0 Å². The molecule has 6 nitrogen and oxygen atoms in total. The summed E-state index contributed by atoms with van der Waals surface area (Å²) in [6, 6.07) is 0. The Morgan fingerprint density at radius 2 is 2.00 bits per heavy atom. The van der Waals surface area contributed by atoms with E-state index in [1.165, 1.54) is 0 Å². The molecule has 0 aromatic carbocycles. The predicted octanol–water partition coefficient (Wildman–Crippen LogP) is -1.60. The number of aliphatic hydroxyl groups is 1. The van der Waals surface area contributed by atoms with Crippen LogP contribution < -0.4 is 5.73 Å². The van der Waals surface area contributed by atoms with Gasteiger partial charge in [-0.3, -0.25) is 9.36 Å². The number of aliphatic hydroxyl groups excluding tert-OH is 1. The Kier molecular flexibility index (Phi) is 3.85. The van der Waals surface area contributed by atoms with Crippen LogP contribution in [0.4, 0.5) is 0 Å². The molecule has 11 heavy (non-hydrogen) atoms. The molecule has 0 radical (unpaired) electrons. The minimum Gasteiger partial charge on any atom is -0.389 e. The third-order valence-electron chi connectivity index (χ3n) is 1.05. The van der Waals surface area contributed by atoms with E-state index < -0.39 is 32.2 Å². The molecule has 0 fully saturated rings. The van der Waals surface area contributed by atoms with Crippen LogP contribution in [-0.2, 0) is 9.36 Å². The van der Waals surface area contributed by atoms with Crippen LogP contribution in [0, 0.1) is 0 Å². The maximum Gasteiger partial charge on any atom is 0.342 e. The van der Waals surface area contributed by atoms with Gasteiger partial charge in [0.2, 0.25) is 0 Å². The van der Waals surface area contributed by atoms with Gasteiger partial charge in [-0.2, -0.15) is 0 Å². The molecule has 66 valence electrons. The van der Waals surface area contributed by atoms with Crippen LogP contribution >= 0.6 is 7.60 Å². The first-order chi connectivity index (χ1) is 4.88. The summed E-state index contributed by atoms with van der Waals surface area (Å²) in [6.07, 6.45) is -0.499. The van der Waals surface area contributed by atoms with E-state index in [1.807, 2.05) is 0 Å². The summed E-state index contributed by atoms with van der Waals surface area (Å²) < 4.78 is 10.3. The van der Waals surface area contributed by atoms with Crippen molar-refractivity contribution in [1.82, 2.24) is 0 Å². The fourth-order valence-electron chi connectivity index (χ4n) is 0.417. The van der Waals surface area contributed by atoms with E-state index in [0.717, 1.165) is 0 Å². The van der Waals surface area contributed by atoms with Crippen molar-refractivity contribution in [2.75, 3.05) is 6.61 Å². The standard InChI is InChI=1S/C4H10NO5P/c5-4(11(8,9)10)1-3(7)2-6/h4,6H,1-2,5H2,(H2,8,9,10). The Bertz CT molecular complexity index is 187. The second-order valence-corrected chi connectivity index (χ2v) is 3.90. The molecular formula is C4H10NO5P. The number of hydrogen-bond acceptors (Lipinski definition) is 4. The van der Waals surface area contributed by atoms with Crippen molar-refractivity contribution < 1.29 is 24.3 Å². The zero-order valence-corrected chi connectivity index (χ0v) is 6.57. The highest BCUT2D eigenvalue weighted by Gasteiger charge is 2.26. The van der Waals surface area contributed by atoms with E-state index in [-0.39, 0.29) is 0 Å². The van der Waals surface area contributed by atoms with Gasteiger partial charge >= 0.3 is 7.60 Å². The van der Waals surface area contributed by atoms with Crippen molar-refractivity contribution in [2.45, 2.75) is 12.2 Å². The van der Waals surface area contributed by atoms with Gasteiger partial charge in [-0.05, 0) is 0 Å². The largest absolute Gasteiger partial charge is 0.389 e. The molecule has 0 aliphatic rings. The first kappa shape index (κ1) is 10.7. The Balaban J connectivity index is 3.98. The molecule has 0 aliphatic heterocycles. The van der Waals surface area contributed by atoms with E-state index in [4.69, 9.17) is 20.6 Å².